The van der Waals surface area contributed by atoms with Crippen molar-refractivity contribution in [3.8, 4) is 0 Å². The van der Waals surface area contributed by atoms with E-state index in [9.17, 15) is 9.59 Å². The van der Waals surface area contributed by atoms with Gasteiger partial charge in [0.2, 0.25) is 11.9 Å². The summed E-state index contributed by atoms with van der Waals surface area (Å²) in [7, 11) is 0. The van der Waals surface area contributed by atoms with Gasteiger partial charge in [-0.1, -0.05) is 32.6 Å². The minimum absolute atomic E-state index is 0.00337. The van der Waals surface area contributed by atoms with Crippen LogP contribution in [-0.4, -0.2) is 58.6 Å². The van der Waals surface area contributed by atoms with Crippen molar-refractivity contribution in [3.05, 3.63) is 53.9 Å². The van der Waals surface area contributed by atoms with Crippen LogP contribution in [0.2, 0.25) is 0 Å². The highest BCUT2D eigenvalue weighted by Gasteiger charge is 2.38. The predicted molar refractivity (Wildman–Crippen MR) is 152 cm³/mol. The maximum absolute atomic E-state index is 12.6. The lowest BCUT2D eigenvalue weighted by Gasteiger charge is -2.32. The van der Waals surface area contributed by atoms with Crippen molar-refractivity contribution in [2.45, 2.75) is 51.7 Å². The molecule has 1 aromatic carbocycles. The van der Waals surface area contributed by atoms with Crippen LogP contribution < -0.4 is 15.5 Å². The molecule has 2 saturated heterocycles. The van der Waals surface area contributed by atoms with Gasteiger partial charge in [0.25, 0.3) is 0 Å². The van der Waals surface area contributed by atoms with Crippen LogP contribution in [0.15, 0.2) is 48.4 Å². The van der Waals surface area contributed by atoms with E-state index >= 15 is 0 Å². The maximum atomic E-state index is 12.6. The number of hydrogen-bond donors (Lipinski definition) is 2. The third-order valence-electron chi connectivity index (χ3n) is 7.30. The lowest BCUT2D eigenvalue weighted by Crippen LogP contribution is -2.41. The molecule has 9 nitrogen and oxygen atoms in total. The fourth-order valence-corrected chi connectivity index (χ4v) is 5.82. The molecule has 3 aromatic rings. The summed E-state index contributed by atoms with van der Waals surface area (Å²) < 4.78 is 6.26. The van der Waals surface area contributed by atoms with Crippen LogP contribution in [-0.2, 0) is 9.53 Å². The Kier molecular flexibility index (Phi) is 7.51. The molecule has 1 unspecified atom stereocenters. The zero-order valence-corrected chi connectivity index (χ0v) is 22.8. The largest absolute Gasteiger partial charge is 0.447 e. The second-order valence-electron chi connectivity index (χ2n) is 10.2. The van der Waals surface area contributed by atoms with Crippen molar-refractivity contribution in [1.82, 2.24) is 14.9 Å². The van der Waals surface area contributed by atoms with E-state index in [2.05, 4.69) is 62.2 Å². The van der Waals surface area contributed by atoms with Gasteiger partial charge in [-0.2, -0.15) is 4.98 Å². The predicted octanol–water partition coefficient (Wildman–Crippen LogP) is 5.43. The minimum Gasteiger partial charge on any atom is -0.447 e. The number of piperidine rings is 1. The number of ether oxygens (including phenoxy) is 1. The molecule has 2 aliphatic heterocycles. The van der Waals surface area contributed by atoms with Gasteiger partial charge in [0, 0.05) is 24.8 Å². The number of nitrogens with one attached hydrogen (secondary N) is 2. The number of nitrogens with zero attached hydrogens (tertiary/aromatic N) is 4. The van der Waals surface area contributed by atoms with Crippen molar-refractivity contribution >= 4 is 51.0 Å². The molecule has 10 heteroatoms. The maximum Gasteiger partial charge on any atom is 0.415 e. The molecule has 200 valence electrons. The minimum atomic E-state index is -0.364. The molecule has 0 aliphatic carbocycles. The number of likely N-dealkylation sites (tertiary alicyclic amines) is 1. The first-order chi connectivity index (χ1) is 18.3. The first kappa shape index (κ1) is 26.0. The number of cyclic esters (lactones) is 1. The second-order valence-corrected chi connectivity index (χ2v) is 11.1. The van der Waals surface area contributed by atoms with Gasteiger partial charge in [-0.15, -0.1) is 11.3 Å². The first-order valence-electron chi connectivity index (χ1n) is 13.1. The highest BCUT2D eigenvalue weighted by atomic mass is 32.1. The van der Waals surface area contributed by atoms with Crippen LogP contribution in [0.1, 0.15) is 45.2 Å². The van der Waals surface area contributed by atoms with Gasteiger partial charge < -0.3 is 20.3 Å². The van der Waals surface area contributed by atoms with Gasteiger partial charge in [-0.3, -0.25) is 9.69 Å². The molecule has 2 amide bonds. The Hall–Kier alpha value is -3.66. The van der Waals surface area contributed by atoms with Crippen LogP contribution >= 0.6 is 11.3 Å². The molecule has 0 saturated carbocycles. The molecule has 2 atom stereocenters. The quantitative estimate of drug-likeness (QED) is 0.372. The summed E-state index contributed by atoms with van der Waals surface area (Å²) in [6.07, 6.45) is 2.84. The Morgan fingerprint density at radius 1 is 1.16 bits per heavy atom. The van der Waals surface area contributed by atoms with E-state index < -0.39 is 0 Å². The van der Waals surface area contributed by atoms with Crippen molar-refractivity contribution in [3.63, 3.8) is 0 Å². The van der Waals surface area contributed by atoms with E-state index in [1.807, 2.05) is 16.3 Å². The molecule has 4 heterocycles. The number of fused-ring (bicyclic) bond motifs is 1. The zero-order valence-electron chi connectivity index (χ0n) is 22.0. The molecule has 0 radical (unpaired) electrons. The summed E-state index contributed by atoms with van der Waals surface area (Å²) >= 11 is 1.53. The highest BCUT2D eigenvalue weighted by Crippen LogP contribution is 2.35. The van der Waals surface area contributed by atoms with E-state index in [1.54, 1.807) is 4.90 Å². The topological polar surface area (TPSA) is 99.7 Å². The van der Waals surface area contributed by atoms with Crippen LogP contribution in [0.25, 0.3) is 10.2 Å². The number of benzene rings is 1. The summed E-state index contributed by atoms with van der Waals surface area (Å²) in [5.74, 6) is 1.31. The molecular formula is C28H34N6O3S. The van der Waals surface area contributed by atoms with E-state index in [4.69, 9.17) is 14.7 Å². The number of carbonyl (C=O) groups is 2. The van der Waals surface area contributed by atoms with E-state index in [-0.39, 0.29) is 30.0 Å². The Balaban J connectivity index is 1.27. The summed E-state index contributed by atoms with van der Waals surface area (Å²) in [6, 6.07) is 10.5. The Bertz CT molecular complexity index is 1320. The van der Waals surface area contributed by atoms with Crippen molar-refractivity contribution in [1.29, 1.82) is 0 Å². The number of carbonyl (C=O) groups excluding carboxylic acids is 2. The van der Waals surface area contributed by atoms with Gasteiger partial charge in [0.1, 0.15) is 6.61 Å². The number of aromatic nitrogens is 2. The Labute approximate surface area is 226 Å². The summed E-state index contributed by atoms with van der Waals surface area (Å²) in [4.78, 5) is 37.5. The molecule has 2 aliphatic rings. The molecule has 2 fully saturated rings. The van der Waals surface area contributed by atoms with Crippen LogP contribution in [0, 0.1) is 5.92 Å². The van der Waals surface area contributed by atoms with E-state index in [0.29, 0.717) is 24.4 Å². The first-order valence-corrected chi connectivity index (χ1v) is 14.0. The molecular weight excluding hydrogens is 500 g/mol. The molecule has 2 aromatic heterocycles. The fourth-order valence-electron chi connectivity index (χ4n) is 5.00. The second kappa shape index (κ2) is 11.0. The normalized spacial score (nSPS) is 19.1. The monoisotopic (exact) mass is 534 g/mol. The summed E-state index contributed by atoms with van der Waals surface area (Å²) in [5.41, 5.74) is 2.95. The molecule has 0 bridgehead atoms. The third-order valence-corrected chi connectivity index (χ3v) is 8.20. The fraction of sp³-hybridized carbons (Fsp3) is 0.429. The summed E-state index contributed by atoms with van der Waals surface area (Å²) in [5, 5.41) is 8.98. The Morgan fingerprint density at radius 3 is 2.58 bits per heavy atom. The standard InChI is InChI=1S/C28H34N6O3S/c1-5-24(35)33-13-10-21(11-14-33)30-20-8-6-19(7-9-20)18(4)29-27-31-22-12-15-38-25(22)26(32-27)34-23(17(2)3)16-37-28(34)36/h5-9,12,15,17-18,21,23,30H,1,10-11,13-14,16H2,2-4H3,(H,29,31,32)/t18-,23?/m0/s1. The van der Waals surface area contributed by atoms with Gasteiger partial charge >= 0.3 is 6.09 Å². The number of anilines is 3. The number of amides is 2. The summed E-state index contributed by atoms with van der Waals surface area (Å²) in [6.45, 7) is 11.6. The van der Waals surface area contributed by atoms with E-state index in [0.717, 1.165) is 47.4 Å². The van der Waals surface area contributed by atoms with Gasteiger partial charge in [-0.25, -0.2) is 9.78 Å². The van der Waals surface area contributed by atoms with Crippen LogP contribution in [0.5, 0.6) is 0 Å². The van der Waals surface area contributed by atoms with Crippen molar-refractivity contribution in [2.75, 3.05) is 35.2 Å². The Morgan fingerprint density at radius 2 is 1.89 bits per heavy atom. The zero-order chi connectivity index (χ0) is 26.8. The van der Waals surface area contributed by atoms with Crippen molar-refractivity contribution in [2.24, 2.45) is 5.92 Å². The van der Waals surface area contributed by atoms with Gasteiger partial charge in [-0.05, 0) is 60.9 Å². The third kappa shape index (κ3) is 5.31. The lowest BCUT2D eigenvalue weighted by molar-refractivity contribution is -0.126. The smallest absolute Gasteiger partial charge is 0.415 e. The van der Waals surface area contributed by atoms with Gasteiger partial charge in [0.05, 0.1) is 22.3 Å². The van der Waals surface area contributed by atoms with Crippen molar-refractivity contribution < 1.29 is 14.3 Å². The number of hydrogen-bond acceptors (Lipinski definition) is 8. The molecule has 2 N–H and O–H groups in total. The number of rotatable bonds is 8. The average Bonchev–Trinajstić information content (AvgIpc) is 3.55. The average molecular weight is 535 g/mol. The van der Waals surface area contributed by atoms with Crippen LogP contribution in [0.4, 0.5) is 22.2 Å². The van der Waals surface area contributed by atoms with Gasteiger partial charge in [0.15, 0.2) is 5.82 Å². The molecule has 38 heavy (non-hydrogen) atoms. The number of thiophene rings is 1. The highest BCUT2D eigenvalue weighted by molar-refractivity contribution is 7.17. The molecule has 0 spiro atoms. The van der Waals surface area contributed by atoms with E-state index in [1.165, 1.54) is 17.4 Å². The molecule has 5 rings (SSSR count). The SMILES string of the molecule is C=CC(=O)N1CCC(Nc2ccc([C@H](C)Nc3nc(N4C(=O)OCC4C(C)C)c4sccc4n3)cc2)CC1. The van der Waals surface area contributed by atoms with Crippen LogP contribution in [0.3, 0.4) is 0 Å². The lowest BCUT2D eigenvalue weighted by atomic mass is 10.0.